The van der Waals surface area contributed by atoms with E-state index in [1.54, 1.807) is 16.8 Å². The number of benzene rings is 2. The van der Waals surface area contributed by atoms with E-state index in [1.165, 1.54) is 17.5 Å². The van der Waals surface area contributed by atoms with Crippen LogP contribution in [0.1, 0.15) is 29.8 Å². The molecule has 1 aliphatic carbocycles. The van der Waals surface area contributed by atoms with Crippen LogP contribution in [0.5, 0.6) is 0 Å². The number of H-pyrrole nitrogens is 1. The highest BCUT2D eigenvalue weighted by Gasteiger charge is 2.36. The van der Waals surface area contributed by atoms with Gasteiger partial charge in [-0.1, -0.05) is 18.2 Å². The lowest BCUT2D eigenvalue weighted by Crippen LogP contribution is -2.34. The molecular formula is C23H24N4O2. The molecule has 2 amide bonds. The van der Waals surface area contributed by atoms with Gasteiger partial charge in [0.25, 0.3) is 0 Å². The van der Waals surface area contributed by atoms with Crippen LogP contribution in [0, 0.1) is 5.92 Å². The molecule has 2 heterocycles. The molecule has 5 rings (SSSR count). The fourth-order valence-corrected chi connectivity index (χ4v) is 4.54. The van der Waals surface area contributed by atoms with Crippen molar-refractivity contribution in [2.75, 3.05) is 18.5 Å². The van der Waals surface area contributed by atoms with E-state index in [1.807, 2.05) is 30.3 Å². The zero-order valence-electron chi connectivity index (χ0n) is 16.5. The van der Waals surface area contributed by atoms with Gasteiger partial charge in [-0.25, -0.2) is 4.98 Å². The number of hydrogen-bond donors (Lipinski definition) is 1. The Morgan fingerprint density at radius 3 is 2.90 bits per heavy atom. The van der Waals surface area contributed by atoms with Crippen LogP contribution in [-0.4, -0.2) is 40.3 Å². The molecule has 1 aromatic heterocycles. The highest BCUT2D eigenvalue weighted by molar-refractivity contribution is 6.00. The van der Waals surface area contributed by atoms with Crippen molar-refractivity contribution in [1.29, 1.82) is 0 Å². The smallest absolute Gasteiger partial charge is 0.228 e. The average Bonchev–Trinajstić information content (AvgIpc) is 3.43. The molecule has 1 fully saturated rings. The van der Waals surface area contributed by atoms with Gasteiger partial charge in [0.15, 0.2) is 0 Å². The molecule has 1 atom stereocenters. The van der Waals surface area contributed by atoms with Crippen molar-refractivity contribution < 1.29 is 9.59 Å². The van der Waals surface area contributed by atoms with Crippen LogP contribution >= 0.6 is 0 Å². The van der Waals surface area contributed by atoms with E-state index < -0.39 is 0 Å². The number of rotatable bonds is 4. The average molecular weight is 388 g/mol. The van der Waals surface area contributed by atoms with E-state index in [4.69, 9.17) is 0 Å². The summed E-state index contributed by atoms with van der Waals surface area (Å²) in [6, 6.07) is 14.1. The first-order valence-electron chi connectivity index (χ1n) is 10.2. The summed E-state index contributed by atoms with van der Waals surface area (Å²) in [6.45, 7) is 0.845. The summed E-state index contributed by atoms with van der Waals surface area (Å²) in [5.41, 5.74) is 5.50. The number of fused-ring (bicyclic) bond motifs is 2. The lowest BCUT2D eigenvalue weighted by atomic mass is 10.1. The predicted octanol–water partition coefficient (Wildman–Crippen LogP) is 3.06. The van der Waals surface area contributed by atoms with E-state index in [-0.39, 0.29) is 24.2 Å². The molecule has 6 heteroatoms. The number of para-hydroxylation sites is 2. The van der Waals surface area contributed by atoms with Crippen molar-refractivity contribution in [2.45, 2.75) is 32.2 Å². The van der Waals surface area contributed by atoms with Gasteiger partial charge in [-0.2, -0.15) is 0 Å². The van der Waals surface area contributed by atoms with Crippen molar-refractivity contribution in [3.05, 3.63) is 59.4 Å². The second kappa shape index (κ2) is 7.03. The maximum atomic E-state index is 13.0. The van der Waals surface area contributed by atoms with Gasteiger partial charge >= 0.3 is 0 Å². The van der Waals surface area contributed by atoms with Crippen LogP contribution in [0.15, 0.2) is 42.5 Å². The first-order valence-corrected chi connectivity index (χ1v) is 10.2. The Bertz CT molecular complexity index is 1070. The summed E-state index contributed by atoms with van der Waals surface area (Å²) in [5.74, 6) is 0.452. The molecule has 0 spiro atoms. The second-order valence-electron chi connectivity index (χ2n) is 8.11. The van der Waals surface area contributed by atoms with Crippen LogP contribution in [0.2, 0.25) is 0 Å². The van der Waals surface area contributed by atoms with E-state index in [9.17, 15) is 9.59 Å². The first-order chi connectivity index (χ1) is 14.1. The van der Waals surface area contributed by atoms with E-state index in [0.29, 0.717) is 13.1 Å². The van der Waals surface area contributed by atoms with Crippen LogP contribution < -0.4 is 4.90 Å². The number of hydrogen-bond acceptors (Lipinski definition) is 3. The van der Waals surface area contributed by atoms with Gasteiger partial charge in [0.05, 0.1) is 23.5 Å². The Labute approximate surface area is 169 Å². The minimum Gasteiger partial charge on any atom is -0.340 e. The minimum atomic E-state index is -0.315. The van der Waals surface area contributed by atoms with Crippen molar-refractivity contribution in [3.63, 3.8) is 0 Å². The van der Waals surface area contributed by atoms with Crippen LogP contribution in [0.3, 0.4) is 0 Å². The fraction of sp³-hybridized carbons (Fsp3) is 0.348. The van der Waals surface area contributed by atoms with Crippen molar-refractivity contribution in [2.24, 2.45) is 5.92 Å². The summed E-state index contributed by atoms with van der Waals surface area (Å²) in [4.78, 5) is 36.8. The maximum absolute atomic E-state index is 13.0. The van der Waals surface area contributed by atoms with Crippen molar-refractivity contribution in [3.8, 4) is 0 Å². The molecule has 1 saturated heterocycles. The highest BCUT2D eigenvalue weighted by Crippen LogP contribution is 2.31. The van der Waals surface area contributed by atoms with Gasteiger partial charge in [-0.05, 0) is 54.7 Å². The van der Waals surface area contributed by atoms with E-state index in [2.05, 4.69) is 22.1 Å². The lowest BCUT2D eigenvalue weighted by Gasteiger charge is -2.21. The van der Waals surface area contributed by atoms with Crippen LogP contribution in [0.4, 0.5) is 5.69 Å². The molecule has 0 saturated carbocycles. The molecule has 2 aliphatic rings. The van der Waals surface area contributed by atoms with Crippen LogP contribution in [0.25, 0.3) is 11.0 Å². The zero-order valence-corrected chi connectivity index (χ0v) is 16.5. The molecule has 1 N–H and O–H groups in total. The Hall–Kier alpha value is -3.15. The number of carbonyl (C=O) groups excluding carboxylic acids is 2. The van der Waals surface area contributed by atoms with Crippen molar-refractivity contribution in [1.82, 2.24) is 14.9 Å². The highest BCUT2D eigenvalue weighted by atomic mass is 16.2. The molecular weight excluding hydrogens is 364 g/mol. The number of amides is 2. The molecule has 148 valence electrons. The predicted molar refractivity (Wildman–Crippen MR) is 111 cm³/mol. The Morgan fingerprint density at radius 1 is 1.21 bits per heavy atom. The Morgan fingerprint density at radius 2 is 2.03 bits per heavy atom. The zero-order chi connectivity index (χ0) is 20.0. The number of anilines is 1. The summed E-state index contributed by atoms with van der Waals surface area (Å²) in [5, 5.41) is 0. The van der Waals surface area contributed by atoms with Crippen molar-refractivity contribution >= 4 is 28.5 Å². The number of aromatic amines is 1. The maximum Gasteiger partial charge on any atom is 0.228 e. The van der Waals surface area contributed by atoms with Gasteiger partial charge in [0, 0.05) is 25.7 Å². The standard InChI is InChI=1S/C23H24N4O2/c1-26(14-21-24-19-7-2-3-8-20(19)25-21)23(29)17-12-22(28)27(13-17)18-10-9-15-5-4-6-16(15)11-18/h2-3,7-11,17H,4-6,12-14H2,1H3,(H,24,25)/t17-/m0/s1. The normalized spacial score (nSPS) is 18.4. The van der Waals surface area contributed by atoms with Gasteiger partial charge in [0.2, 0.25) is 11.8 Å². The monoisotopic (exact) mass is 388 g/mol. The number of imidazole rings is 1. The van der Waals surface area contributed by atoms with Gasteiger partial charge < -0.3 is 14.8 Å². The second-order valence-corrected chi connectivity index (χ2v) is 8.11. The SMILES string of the molecule is CN(Cc1nc2ccccc2[nH]1)C(=O)[C@H]1CC(=O)N(c2ccc3c(c2)CCC3)C1. The molecule has 2 aromatic carbocycles. The van der Waals surface area contributed by atoms with E-state index in [0.717, 1.165) is 35.4 Å². The molecule has 0 unspecified atom stereocenters. The third kappa shape index (κ3) is 3.28. The number of aryl methyl sites for hydroxylation is 2. The lowest BCUT2D eigenvalue weighted by molar-refractivity contribution is -0.135. The minimum absolute atomic E-state index is 0.0116. The fourth-order valence-electron chi connectivity index (χ4n) is 4.54. The van der Waals surface area contributed by atoms with Gasteiger partial charge in [0.1, 0.15) is 5.82 Å². The Kier molecular flexibility index (Phi) is 4.34. The molecule has 3 aromatic rings. The summed E-state index contributed by atoms with van der Waals surface area (Å²) < 4.78 is 0. The van der Waals surface area contributed by atoms with Gasteiger partial charge in [-0.15, -0.1) is 0 Å². The molecule has 1 aliphatic heterocycles. The van der Waals surface area contributed by atoms with E-state index >= 15 is 0 Å². The Balaban J connectivity index is 1.28. The third-order valence-corrected chi connectivity index (χ3v) is 6.07. The number of nitrogens with one attached hydrogen (secondary N) is 1. The summed E-state index contributed by atoms with van der Waals surface area (Å²) in [6.07, 6.45) is 3.64. The molecule has 0 bridgehead atoms. The third-order valence-electron chi connectivity index (χ3n) is 6.07. The molecule has 6 nitrogen and oxygen atoms in total. The molecule has 29 heavy (non-hydrogen) atoms. The van der Waals surface area contributed by atoms with Crippen LogP contribution in [-0.2, 0) is 29.0 Å². The largest absolute Gasteiger partial charge is 0.340 e. The van der Waals surface area contributed by atoms with Gasteiger partial charge in [-0.3, -0.25) is 9.59 Å². The number of aromatic nitrogens is 2. The topological polar surface area (TPSA) is 69.3 Å². The summed E-state index contributed by atoms with van der Waals surface area (Å²) in [7, 11) is 1.78. The quantitative estimate of drug-likeness (QED) is 0.747. The number of nitrogens with zero attached hydrogens (tertiary/aromatic N) is 3. The number of carbonyl (C=O) groups is 2. The first kappa shape index (κ1) is 17.9. The summed E-state index contributed by atoms with van der Waals surface area (Å²) >= 11 is 0. The molecule has 0 radical (unpaired) electrons.